The molecule has 0 amide bonds. The van der Waals surface area contributed by atoms with E-state index in [-0.39, 0.29) is 24.7 Å². The lowest BCUT2D eigenvalue weighted by Gasteiger charge is -2.48. The molecule has 2 fully saturated rings. The fourth-order valence-electron chi connectivity index (χ4n) is 4.42. The van der Waals surface area contributed by atoms with Crippen molar-refractivity contribution in [3.8, 4) is 5.88 Å². The lowest BCUT2D eigenvalue weighted by atomic mass is 9.83. The van der Waals surface area contributed by atoms with Crippen molar-refractivity contribution in [2.24, 2.45) is 0 Å². The minimum absolute atomic E-state index is 0.0833. The highest BCUT2D eigenvalue weighted by molar-refractivity contribution is 7.76. The minimum Gasteiger partial charge on any atom is -0.481 e. The van der Waals surface area contributed by atoms with Gasteiger partial charge in [-0.2, -0.15) is 19.4 Å². The zero-order valence-electron chi connectivity index (χ0n) is 17.0. The number of H-pyrrole nitrogens is 1. The monoisotopic (exact) mass is 437 g/mol. The Bertz CT molecular complexity index is 896. The van der Waals surface area contributed by atoms with Crippen LogP contribution in [0.5, 0.6) is 5.88 Å². The van der Waals surface area contributed by atoms with Gasteiger partial charge in [-0.25, -0.2) is 4.21 Å². The fourth-order valence-corrected chi connectivity index (χ4v) is 5.31. The van der Waals surface area contributed by atoms with Crippen molar-refractivity contribution in [3.63, 3.8) is 0 Å². The Hall–Kier alpha value is -2.28. The average molecular weight is 438 g/mol. The zero-order valence-corrected chi connectivity index (χ0v) is 17.8. The molecule has 0 aliphatic carbocycles. The number of anilines is 3. The number of rotatable bonds is 7. The largest absolute Gasteiger partial charge is 0.481 e. The van der Waals surface area contributed by atoms with Crippen molar-refractivity contribution in [1.82, 2.24) is 24.5 Å². The maximum absolute atomic E-state index is 11.8. The highest BCUT2D eigenvalue weighted by Gasteiger charge is 2.42. The summed E-state index contributed by atoms with van der Waals surface area (Å²) in [5, 5.41) is 19.1. The number of aliphatic hydroxyl groups is 1. The molecule has 2 unspecified atom stereocenters. The van der Waals surface area contributed by atoms with Crippen LogP contribution >= 0.6 is 0 Å². The van der Waals surface area contributed by atoms with Crippen molar-refractivity contribution >= 4 is 28.9 Å². The van der Waals surface area contributed by atoms with Crippen LogP contribution in [0.3, 0.4) is 0 Å². The van der Waals surface area contributed by atoms with Crippen LogP contribution in [0.25, 0.3) is 0 Å². The molecule has 0 aromatic carbocycles. The molecule has 0 spiro atoms. The standard InChI is InChI=1S/C18H27N7O4S/c1-24(14-7-12-4-3-5-13(8-14)25(12)30(27)28)18-20-15(9-17(21-18)29-2)19-16-6-11(10-26)22-23-16/h6,9,12-14,26H,3-5,7-8,10H2,1-2H3,(H,27,28)(H2,19,20,21,22,23)/t12-,13+,14?. The first-order valence-corrected chi connectivity index (χ1v) is 11.0. The second-order valence-corrected chi connectivity index (χ2v) is 8.61. The van der Waals surface area contributed by atoms with Crippen LogP contribution in [0.15, 0.2) is 12.1 Å². The molecule has 2 aromatic rings. The normalized spacial score (nSPS) is 25.0. The molecular weight excluding hydrogens is 410 g/mol. The quantitative estimate of drug-likeness (QED) is 0.473. The Labute approximate surface area is 177 Å². The van der Waals surface area contributed by atoms with Crippen molar-refractivity contribution in [2.75, 3.05) is 24.4 Å². The first-order valence-electron chi connectivity index (χ1n) is 9.96. The number of ether oxygens (including phenoxy) is 1. The summed E-state index contributed by atoms with van der Waals surface area (Å²) in [5.41, 5.74) is 0.593. The molecule has 12 heteroatoms. The molecule has 11 nitrogen and oxygen atoms in total. The molecule has 2 aliphatic heterocycles. The summed E-state index contributed by atoms with van der Waals surface area (Å²) in [6.45, 7) is -0.130. The summed E-state index contributed by atoms with van der Waals surface area (Å²) >= 11 is -1.94. The smallest absolute Gasteiger partial charge is 0.235 e. The zero-order chi connectivity index (χ0) is 21.3. The minimum atomic E-state index is -1.94. The van der Waals surface area contributed by atoms with Gasteiger partial charge in [0.2, 0.25) is 23.1 Å². The summed E-state index contributed by atoms with van der Waals surface area (Å²) < 4.78 is 28.6. The van der Waals surface area contributed by atoms with Crippen molar-refractivity contribution in [3.05, 3.63) is 17.8 Å². The highest BCUT2D eigenvalue weighted by atomic mass is 32.2. The second kappa shape index (κ2) is 8.84. The topological polar surface area (TPSA) is 140 Å². The van der Waals surface area contributed by atoms with E-state index in [1.54, 1.807) is 23.5 Å². The summed E-state index contributed by atoms with van der Waals surface area (Å²) in [5.74, 6) is 1.98. The lowest BCUT2D eigenvalue weighted by Crippen LogP contribution is -2.57. The Kier molecular flexibility index (Phi) is 6.18. The van der Waals surface area contributed by atoms with Gasteiger partial charge in [0.1, 0.15) is 5.82 Å². The number of aliphatic hydroxyl groups excluding tert-OH is 1. The molecule has 2 bridgehead atoms. The van der Waals surface area contributed by atoms with Crippen LogP contribution in [-0.4, -0.2) is 70.6 Å². The first-order chi connectivity index (χ1) is 14.5. The third-order valence-corrected chi connectivity index (χ3v) is 6.84. The van der Waals surface area contributed by atoms with Gasteiger partial charge in [-0.05, 0) is 25.7 Å². The van der Waals surface area contributed by atoms with Crippen LogP contribution in [-0.2, 0) is 17.9 Å². The van der Waals surface area contributed by atoms with Gasteiger partial charge in [0, 0.05) is 37.3 Å². The number of aromatic nitrogens is 4. The summed E-state index contributed by atoms with van der Waals surface area (Å²) in [6, 6.07) is 3.70. The molecule has 30 heavy (non-hydrogen) atoms. The molecule has 2 aromatic heterocycles. The molecule has 0 radical (unpaired) electrons. The van der Waals surface area contributed by atoms with Crippen LogP contribution in [0.4, 0.5) is 17.6 Å². The van der Waals surface area contributed by atoms with Crippen molar-refractivity contribution in [1.29, 1.82) is 0 Å². The van der Waals surface area contributed by atoms with E-state index in [2.05, 4.69) is 25.5 Å². The Balaban J connectivity index is 1.54. The van der Waals surface area contributed by atoms with Gasteiger partial charge in [0.15, 0.2) is 5.82 Å². The molecular formula is C18H27N7O4S. The van der Waals surface area contributed by atoms with E-state index in [1.165, 1.54) is 0 Å². The molecule has 2 aliphatic rings. The number of hydrogen-bond donors (Lipinski definition) is 4. The van der Waals surface area contributed by atoms with Gasteiger partial charge in [0.05, 0.1) is 19.4 Å². The fraction of sp³-hybridized carbons (Fsp3) is 0.611. The third kappa shape index (κ3) is 4.26. The highest BCUT2D eigenvalue weighted by Crippen LogP contribution is 2.37. The predicted octanol–water partition coefficient (Wildman–Crippen LogP) is 1.40. The van der Waals surface area contributed by atoms with Gasteiger partial charge in [0.25, 0.3) is 0 Å². The number of aromatic amines is 1. The van der Waals surface area contributed by atoms with Crippen LogP contribution in [0, 0.1) is 0 Å². The van der Waals surface area contributed by atoms with E-state index < -0.39 is 11.3 Å². The maximum atomic E-state index is 11.8. The summed E-state index contributed by atoms with van der Waals surface area (Å²) in [4.78, 5) is 11.1. The number of nitrogens with zero attached hydrogens (tertiary/aromatic N) is 5. The number of hydrogen-bond acceptors (Lipinski definition) is 8. The van der Waals surface area contributed by atoms with Crippen LogP contribution < -0.4 is 15.0 Å². The molecule has 4 atom stereocenters. The summed E-state index contributed by atoms with van der Waals surface area (Å²) in [7, 11) is 3.50. The van der Waals surface area contributed by atoms with E-state index in [0.29, 0.717) is 29.2 Å². The molecule has 164 valence electrons. The van der Waals surface area contributed by atoms with Crippen LogP contribution in [0.1, 0.15) is 37.8 Å². The molecule has 4 heterocycles. The summed E-state index contributed by atoms with van der Waals surface area (Å²) in [6.07, 6.45) is 4.49. The third-order valence-electron chi connectivity index (χ3n) is 5.88. The number of fused-ring (bicyclic) bond motifs is 2. The van der Waals surface area contributed by atoms with Gasteiger partial charge >= 0.3 is 0 Å². The van der Waals surface area contributed by atoms with E-state index in [9.17, 15) is 13.9 Å². The Morgan fingerprint density at radius 1 is 1.30 bits per heavy atom. The molecule has 4 N–H and O–H groups in total. The number of piperidine rings is 2. The molecule has 0 saturated carbocycles. The van der Waals surface area contributed by atoms with E-state index in [0.717, 1.165) is 32.1 Å². The Morgan fingerprint density at radius 3 is 2.63 bits per heavy atom. The number of methoxy groups -OCH3 is 1. The van der Waals surface area contributed by atoms with Gasteiger partial charge in [-0.15, -0.1) is 0 Å². The van der Waals surface area contributed by atoms with Gasteiger partial charge in [-0.3, -0.25) is 9.65 Å². The SMILES string of the molecule is COc1cc(Nc2cc(CO)[nH]n2)nc(N(C)C2C[C@H]3CCC[C@@H](C2)N3S(=O)O)n1. The maximum Gasteiger partial charge on any atom is 0.235 e. The number of nitrogens with one attached hydrogen (secondary N) is 2. The first kappa shape index (κ1) is 21.0. The van der Waals surface area contributed by atoms with E-state index in [4.69, 9.17) is 4.74 Å². The van der Waals surface area contributed by atoms with Crippen LogP contribution in [0.2, 0.25) is 0 Å². The molecule has 2 saturated heterocycles. The lowest BCUT2D eigenvalue weighted by molar-refractivity contribution is 0.107. The van der Waals surface area contributed by atoms with Gasteiger partial charge < -0.3 is 20.1 Å². The molecule has 4 rings (SSSR count). The Morgan fingerprint density at radius 2 is 2.03 bits per heavy atom. The van der Waals surface area contributed by atoms with E-state index in [1.807, 2.05) is 11.9 Å². The van der Waals surface area contributed by atoms with E-state index >= 15 is 0 Å². The van der Waals surface area contributed by atoms with Crippen molar-refractivity contribution in [2.45, 2.75) is 56.8 Å². The van der Waals surface area contributed by atoms with Gasteiger partial charge in [-0.1, -0.05) is 6.42 Å². The van der Waals surface area contributed by atoms with Crippen molar-refractivity contribution < 1.29 is 18.6 Å². The average Bonchev–Trinajstić information content (AvgIpc) is 3.19. The predicted molar refractivity (Wildman–Crippen MR) is 112 cm³/mol. The second-order valence-electron chi connectivity index (χ2n) is 7.72.